The van der Waals surface area contributed by atoms with Gasteiger partial charge in [-0.2, -0.15) is 4.98 Å². The van der Waals surface area contributed by atoms with Crippen molar-refractivity contribution < 1.29 is 14.3 Å². The van der Waals surface area contributed by atoms with Gasteiger partial charge in [0.05, 0.1) is 12.8 Å². The van der Waals surface area contributed by atoms with E-state index in [9.17, 15) is 4.79 Å². The second-order valence-electron chi connectivity index (χ2n) is 6.56. The van der Waals surface area contributed by atoms with Crippen LogP contribution < -0.4 is 14.4 Å². The molecule has 0 bridgehead atoms. The van der Waals surface area contributed by atoms with Crippen LogP contribution in [-0.4, -0.2) is 34.5 Å². The smallest absolute Gasteiger partial charge is 0.247 e. The summed E-state index contributed by atoms with van der Waals surface area (Å²) in [6.07, 6.45) is 1.17. The van der Waals surface area contributed by atoms with E-state index in [0.717, 1.165) is 22.4 Å². The number of aromatic nitrogens is 3. The van der Waals surface area contributed by atoms with Gasteiger partial charge in [0.1, 0.15) is 5.75 Å². The number of hydrogen-bond donors (Lipinski definition) is 0. The Morgan fingerprint density at radius 1 is 1.21 bits per heavy atom. The Balaban J connectivity index is 1.95. The van der Waals surface area contributed by atoms with Crippen molar-refractivity contribution in [1.82, 2.24) is 15.2 Å². The van der Waals surface area contributed by atoms with Gasteiger partial charge in [-0.05, 0) is 43.0 Å². The second-order valence-corrected chi connectivity index (χ2v) is 7.33. The van der Waals surface area contributed by atoms with E-state index in [0.29, 0.717) is 22.4 Å². The molecule has 7 nitrogen and oxygen atoms in total. The van der Waals surface area contributed by atoms with Gasteiger partial charge in [0.2, 0.25) is 23.2 Å². The third kappa shape index (κ3) is 3.40. The van der Waals surface area contributed by atoms with Crippen molar-refractivity contribution in [1.29, 1.82) is 0 Å². The van der Waals surface area contributed by atoms with Gasteiger partial charge in [0.25, 0.3) is 0 Å². The molecule has 0 N–H and O–H groups in total. The Bertz CT molecular complexity index is 1090. The van der Waals surface area contributed by atoms with Crippen molar-refractivity contribution in [3.05, 3.63) is 53.6 Å². The van der Waals surface area contributed by atoms with Crippen LogP contribution in [0.25, 0.3) is 11.3 Å². The second kappa shape index (κ2) is 7.71. The Labute approximate surface area is 173 Å². The Morgan fingerprint density at radius 3 is 2.69 bits per heavy atom. The molecule has 148 valence electrons. The number of fused-ring (bicyclic) bond motifs is 3. The number of para-hydroxylation sites is 1. The lowest BCUT2D eigenvalue weighted by atomic mass is 10.1. The predicted octanol–water partition coefficient (Wildman–Crippen LogP) is 4.02. The molecule has 0 aliphatic carbocycles. The van der Waals surface area contributed by atoms with Crippen LogP contribution >= 0.6 is 11.8 Å². The lowest BCUT2D eigenvalue weighted by molar-refractivity contribution is -0.118. The number of hydrogen-bond acceptors (Lipinski definition) is 7. The Morgan fingerprint density at radius 2 is 2.00 bits per heavy atom. The summed E-state index contributed by atoms with van der Waals surface area (Å²) in [5.74, 6) is 0.965. The van der Waals surface area contributed by atoms with Gasteiger partial charge >= 0.3 is 0 Å². The highest BCUT2D eigenvalue weighted by molar-refractivity contribution is 7.98. The van der Waals surface area contributed by atoms with Crippen molar-refractivity contribution in [3.63, 3.8) is 0 Å². The van der Waals surface area contributed by atoms with E-state index in [1.807, 2.05) is 55.6 Å². The Kier molecular flexibility index (Phi) is 5.10. The SMILES string of the molecule is COc1ccc([C@H]2Oc3nc(SC)nnc3-c3ccccc3N2C(C)=O)cc1C. The number of rotatable bonds is 3. The zero-order valence-electron chi connectivity index (χ0n) is 16.5. The van der Waals surface area contributed by atoms with Gasteiger partial charge in [-0.3, -0.25) is 9.69 Å². The molecule has 1 amide bonds. The van der Waals surface area contributed by atoms with Crippen molar-refractivity contribution >= 4 is 23.4 Å². The number of carbonyl (C=O) groups excluding carboxylic acids is 1. The fourth-order valence-corrected chi connectivity index (χ4v) is 3.71. The number of ether oxygens (including phenoxy) is 2. The van der Waals surface area contributed by atoms with Crippen molar-refractivity contribution in [3.8, 4) is 22.9 Å². The maximum absolute atomic E-state index is 12.7. The van der Waals surface area contributed by atoms with Crippen molar-refractivity contribution in [2.45, 2.75) is 25.2 Å². The number of nitrogens with zero attached hydrogens (tertiary/aromatic N) is 4. The van der Waals surface area contributed by atoms with Crippen LogP contribution in [0.1, 0.15) is 24.3 Å². The van der Waals surface area contributed by atoms with Gasteiger partial charge < -0.3 is 9.47 Å². The fourth-order valence-electron chi connectivity index (χ4n) is 3.41. The minimum Gasteiger partial charge on any atom is -0.496 e. The summed E-state index contributed by atoms with van der Waals surface area (Å²) < 4.78 is 11.7. The van der Waals surface area contributed by atoms with E-state index in [1.54, 1.807) is 12.0 Å². The third-order valence-corrected chi connectivity index (χ3v) is 5.28. The Hall–Kier alpha value is -3.13. The standard InChI is InChI=1S/C21H20N4O3S/c1-12-11-14(9-10-17(12)27-3)20-25(13(2)26)16-8-6-5-7-15(16)18-19(28-20)22-21(29-4)24-23-18/h5-11,20H,1-4H3/t20-/m1/s1. The van der Waals surface area contributed by atoms with E-state index >= 15 is 0 Å². The predicted molar refractivity (Wildman–Crippen MR) is 111 cm³/mol. The number of benzene rings is 2. The molecule has 1 aliphatic rings. The molecule has 0 radical (unpaired) electrons. The molecule has 4 rings (SSSR count). The number of carbonyl (C=O) groups is 1. The summed E-state index contributed by atoms with van der Waals surface area (Å²) in [5.41, 5.74) is 3.71. The molecular weight excluding hydrogens is 388 g/mol. The largest absolute Gasteiger partial charge is 0.496 e. The first-order valence-electron chi connectivity index (χ1n) is 9.02. The molecule has 0 saturated carbocycles. The third-order valence-electron chi connectivity index (χ3n) is 4.74. The molecule has 1 atom stereocenters. The first-order chi connectivity index (χ1) is 14.0. The molecular formula is C21H20N4O3S. The molecule has 1 aromatic heterocycles. The van der Waals surface area contributed by atoms with Crippen LogP contribution in [0.15, 0.2) is 47.6 Å². The molecule has 1 aliphatic heterocycles. The summed E-state index contributed by atoms with van der Waals surface area (Å²) in [7, 11) is 1.63. The monoisotopic (exact) mass is 408 g/mol. The summed E-state index contributed by atoms with van der Waals surface area (Å²) in [6, 6.07) is 13.3. The van der Waals surface area contributed by atoms with E-state index in [4.69, 9.17) is 9.47 Å². The number of aryl methyl sites for hydroxylation is 1. The minimum absolute atomic E-state index is 0.151. The molecule has 29 heavy (non-hydrogen) atoms. The molecule has 0 saturated heterocycles. The van der Waals surface area contributed by atoms with Crippen LogP contribution in [0.4, 0.5) is 5.69 Å². The zero-order valence-corrected chi connectivity index (χ0v) is 17.4. The number of thioether (sulfide) groups is 1. The van der Waals surface area contributed by atoms with E-state index in [-0.39, 0.29) is 5.91 Å². The van der Waals surface area contributed by atoms with Gasteiger partial charge in [-0.25, -0.2) is 0 Å². The number of amides is 1. The van der Waals surface area contributed by atoms with Crippen molar-refractivity contribution in [2.75, 3.05) is 18.3 Å². The van der Waals surface area contributed by atoms with E-state index < -0.39 is 6.23 Å². The molecule has 8 heteroatoms. The zero-order chi connectivity index (χ0) is 20.5. The average molecular weight is 408 g/mol. The first kappa shape index (κ1) is 19.2. The van der Waals surface area contributed by atoms with Crippen LogP contribution in [0, 0.1) is 6.92 Å². The molecule has 0 spiro atoms. The van der Waals surface area contributed by atoms with Crippen molar-refractivity contribution in [2.24, 2.45) is 0 Å². The quantitative estimate of drug-likeness (QED) is 0.606. The summed E-state index contributed by atoms with van der Waals surface area (Å²) >= 11 is 1.38. The lowest BCUT2D eigenvalue weighted by Crippen LogP contribution is -2.36. The van der Waals surface area contributed by atoms with Gasteiger partial charge in [0, 0.05) is 18.1 Å². The molecule has 2 aromatic carbocycles. The molecule has 0 unspecified atom stereocenters. The molecule has 3 aromatic rings. The topological polar surface area (TPSA) is 77.4 Å². The van der Waals surface area contributed by atoms with E-state index in [1.165, 1.54) is 18.7 Å². The normalized spacial score (nSPS) is 15.0. The van der Waals surface area contributed by atoms with Gasteiger partial charge in [-0.15, -0.1) is 10.2 Å². The number of methoxy groups -OCH3 is 1. The van der Waals surface area contributed by atoms with Crippen LogP contribution in [0.3, 0.4) is 0 Å². The van der Waals surface area contributed by atoms with E-state index in [2.05, 4.69) is 15.2 Å². The summed E-state index contributed by atoms with van der Waals surface area (Å²) in [4.78, 5) is 18.9. The van der Waals surface area contributed by atoms with Crippen LogP contribution in [0.2, 0.25) is 0 Å². The summed E-state index contributed by atoms with van der Waals surface area (Å²) in [6.45, 7) is 3.47. The highest BCUT2D eigenvalue weighted by atomic mass is 32.2. The maximum atomic E-state index is 12.7. The van der Waals surface area contributed by atoms with Crippen LogP contribution in [0.5, 0.6) is 11.6 Å². The highest BCUT2D eigenvalue weighted by Gasteiger charge is 2.34. The summed E-state index contributed by atoms with van der Waals surface area (Å²) in [5, 5.41) is 9.00. The molecule has 2 heterocycles. The van der Waals surface area contributed by atoms with Gasteiger partial charge in [0.15, 0.2) is 5.69 Å². The molecule has 0 fully saturated rings. The maximum Gasteiger partial charge on any atom is 0.247 e. The van der Waals surface area contributed by atoms with Gasteiger partial charge in [-0.1, -0.05) is 30.0 Å². The number of anilines is 1. The van der Waals surface area contributed by atoms with Crippen LogP contribution in [-0.2, 0) is 4.79 Å². The first-order valence-corrected chi connectivity index (χ1v) is 10.2. The average Bonchev–Trinajstić information content (AvgIpc) is 2.87. The fraction of sp³-hybridized carbons (Fsp3) is 0.238. The lowest BCUT2D eigenvalue weighted by Gasteiger charge is -2.30. The highest BCUT2D eigenvalue weighted by Crippen LogP contribution is 2.43. The minimum atomic E-state index is -0.703.